The third kappa shape index (κ3) is 4.05. The molecule has 0 aliphatic heterocycles. The van der Waals surface area contributed by atoms with Gasteiger partial charge in [-0.15, -0.1) is 0 Å². The van der Waals surface area contributed by atoms with E-state index >= 15 is 0 Å². The molecule has 0 spiro atoms. The van der Waals surface area contributed by atoms with Crippen LogP contribution in [-0.4, -0.2) is 27.0 Å². The van der Waals surface area contributed by atoms with Gasteiger partial charge in [-0.3, -0.25) is 5.10 Å². The van der Waals surface area contributed by atoms with Gasteiger partial charge in [0.2, 0.25) is 0 Å². The average Bonchev–Trinajstić information content (AvgIpc) is 3.17. The highest BCUT2D eigenvalue weighted by atomic mass is 16.5. The Morgan fingerprint density at radius 1 is 1.13 bits per heavy atom. The predicted molar refractivity (Wildman–Crippen MR) is 118 cm³/mol. The average molecular weight is 413 g/mol. The molecule has 0 radical (unpaired) electrons. The maximum absolute atomic E-state index is 9.40. The summed E-state index contributed by atoms with van der Waals surface area (Å²) >= 11 is 0. The summed E-state index contributed by atoms with van der Waals surface area (Å²) in [7, 11) is 0. The molecular weight excluding hydrogens is 390 g/mol. The van der Waals surface area contributed by atoms with Gasteiger partial charge in [-0.05, 0) is 69.7 Å². The molecule has 1 N–H and O–H groups in total. The Kier molecular flexibility index (Phi) is 5.54. The number of nitrogens with zero attached hydrogens (tertiary/aromatic N) is 4. The lowest BCUT2D eigenvalue weighted by Gasteiger charge is -2.18. The minimum absolute atomic E-state index is 0.185. The number of aromatic amines is 1. The second-order valence-corrected chi connectivity index (χ2v) is 7.36. The third-order valence-electron chi connectivity index (χ3n) is 5.15. The first-order valence-electron chi connectivity index (χ1n) is 10.1. The van der Waals surface area contributed by atoms with Crippen molar-refractivity contribution >= 4 is 10.9 Å². The summed E-state index contributed by atoms with van der Waals surface area (Å²) in [5.74, 6) is 1.37. The molecule has 2 heterocycles. The molecule has 2 aromatic carbocycles. The summed E-state index contributed by atoms with van der Waals surface area (Å²) in [6, 6.07) is 13.4. The zero-order valence-corrected chi connectivity index (χ0v) is 17.9. The van der Waals surface area contributed by atoms with Crippen molar-refractivity contribution < 1.29 is 9.47 Å². The quantitative estimate of drug-likeness (QED) is 0.475. The first kappa shape index (κ1) is 20.4. The molecule has 7 heteroatoms. The molecule has 4 aromatic rings. The molecule has 0 fully saturated rings. The van der Waals surface area contributed by atoms with E-state index in [9.17, 15) is 5.26 Å². The van der Waals surface area contributed by atoms with Gasteiger partial charge in [0.15, 0.2) is 0 Å². The minimum Gasteiger partial charge on any atom is -0.494 e. The van der Waals surface area contributed by atoms with Crippen molar-refractivity contribution in [1.82, 2.24) is 20.4 Å². The van der Waals surface area contributed by atoms with Crippen LogP contribution in [0.15, 0.2) is 42.6 Å². The fourth-order valence-corrected chi connectivity index (χ4v) is 3.83. The number of benzene rings is 2. The summed E-state index contributed by atoms with van der Waals surface area (Å²) in [4.78, 5) is 0. The Morgan fingerprint density at radius 3 is 2.71 bits per heavy atom. The largest absolute Gasteiger partial charge is 0.494 e. The minimum atomic E-state index is -0.185. The number of ether oxygens (including phenoxy) is 2. The van der Waals surface area contributed by atoms with E-state index in [1.54, 1.807) is 12.3 Å². The van der Waals surface area contributed by atoms with Crippen molar-refractivity contribution in [2.75, 3.05) is 6.61 Å². The van der Waals surface area contributed by atoms with Crippen LogP contribution in [0.4, 0.5) is 0 Å². The molecule has 0 saturated heterocycles. The fraction of sp³-hybridized carbons (Fsp3) is 0.250. The Labute approximate surface area is 180 Å². The molecule has 0 unspecified atom stereocenters. The number of aryl methyl sites for hydroxylation is 2. The predicted octanol–water partition coefficient (Wildman–Crippen LogP) is 5.05. The molecule has 0 saturated carbocycles. The second kappa shape index (κ2) is 8.44. The topological polar surface area (TPSA) is 96.7 Å². The fourth-order valence-electron chi connectivity index (χ4n) is 3.83. The van der Waals surface area contributed by atoms with Gasteiger partial charge in [0, 0.05) is 16.5 Å². The van der Waals surface area contributed by atoms with Crippen LogP contribution in [0.1, 0.15) is 42.3 Å². The van der Waals surface area contributed by atoms with Crippen molar-refractivity contribution in [1.29, 1.82) is 5.26 Å². The molecule has 0 amide bonds. The van der Waals surface area contributed by atoms with Crippen molar-refractivity contribution in [2.45, 2.75) is 33.8 Å². The van der Waals surface area contributed by atoms with Crippen molar-refractivity contribution in [3.05, 3.63) is 65.0 Å². The number of rotatable bonds is 6. The zero-order valence-electron chi connectivity index (χ0n) is 17.9. The van der Waals surface area contributed by atoms with Crippen LogP contribution in [-0.2, 0) is 0 Å². The number of nitriles is 1. The van der Waals surface area contributed by atoms with E-state index in [0.717, 1.165) is 44.7 Å². The molecule has 156 valence electrons. The van der Waals surface area contributed by atoms with Gasteiger partial charge in [-0.1, -0.05) is 0 Å². The number of aromatic nitrogens is 4. The Bertz CT molecular complexity index is 1270. The maximum atomic E-state index is 9.40. The molecule has 7 nitrogen and oxygen atoms in total. The first-order valence-corrected chi connectivity index (χ1v) is 10.1. The van der Waals surface area contributed by atoms with Crippen LogP contribution in [0, 0.1) is 25.2 Å². The van der Waals surface area contributed by atoms with E-state index in [-0.39, 0.29) is 6.10 Å². The van der Waals surface area contributed by atoms with Crippen molar-refractivity contribution in [2.24, 2.45) is 0 Å². The van der Waals surface area contributed by atoms with Crippen LogP contribution >= 0.6 is 0 Å². The standard InChI is InChI=1S/C24H23N5O2/c1-5-30-20-9-17(12-25)8-18(10-20)24-21-11-19(6-7-22(21)28-29-24)31-16(4)23-14(2)13-26-27-15(23)3/h6-11,13,16H,5H2,1-4H3,(H,28,29)/t16-/m1/s1. The number of H-pyrrole nitrogens is 1. The van der Waals surface area contributed by atoms with E-state index in [1.165, 1.54) is 0 Å². The number of nitrogens with one attached hydrogen (secondary N) is 1. The molecule has 2 aromatic heterocycles. The molecule has 1 atom stereocenters. The smallest absolute Gasteiger partial charge is 0.123 e. The van der Waals surface area contributed by atoms with Gasteiger partial charge in [-0.2, -0.15) is 20.6 Å². The van der Waals surface area contributed by atoms with Crippen LogP contribution < -0.4 is 9.47 Å². The third-order valence-corrected chi connectivity index (χ3v) is 5.15. The van der Waals surface area contributed by atoms with Crippen LogP contribution in [0.5, 0.6) is 11.5 Å². The monoisotopic (exact) mass is 413 g/mol. The number of fused-ring (bicyclic) bond motifs is 1. The Morgan fingerprint density at radius 2 is 1.97 bits per heavy atom. The summed E-state index contributed by atoms with van der Waals surface area (Å²) in [5.41, 5.74) is 5.89. The molecular formula is C24H23N5O2. The van der Waals surface area contributed by atoms with E-state index in [2.05, 4.69) is 26.5 Å². The van der Waals surface area contributed by atoms with Gasteiger partial charge in [0.1, 0.15) is 23.3 Å². The lowest BCUT2D eigenvalue weighted by molar-refractivity contribution is 0.225. The van der Waals surface area contributed by atoms with Crippen LogP contribution in [0.2, 0.25) is 0 Å². The second-order valence-electron chi connectivity index (χ2n) is 7.36. The van der Waals surface area contributed by atoms with E-state index in [4.69, 9.17) is 9.47 Å². The lowest BCUT2D eigenvalue weighted by atomic mass is 10.0. The van der Waals surface area contributed by atoms with Gasteiger partial charge < -0.3 is 9.47 Å². The molecule has 0 aliphatic rings. The summed E-state index contributed by atoms with van der Waals surface area (Å²) < 4.78 is 11.9. The van der Waals surface area contributed by atoms with Gasteiger partial charge >= 0.3 is 0 Å². The van der Waals surface area contributed by atoms with Gasteiger partial charge in [0.05, 0.1) is 35.6 Å². The Hall–Kier alpha value is -3.92. The van der Waals surface area contributed by atoms with Crippen molar-refractivity contribution in [3.63, 3.8) is 0 Å². The Balaban J connectivity index is 1.72. The highest BCUT2D eigenvalue weighted by Gasteiger charge is 2.16. The van der Waals surface area contributed by atoms with Gasteiger partial charge in [-0.25, -0.2) is 0 Å². The summed E-state index contributed by atoms with van der Waals surface area (Å²) in [6.45, 7) is 8.38. The lowest BCUT2D eigenvalue weighted by Crippen LogP contribution is -2.09. The number of hydrogen-bond donors (Lipinski definition) is 1. The zero-order chi connectivity index (χ0) is 22.0. The highest BCUT2D eigenvalue weighted by Crippen LogP contribution is 2.33. The summed E-state index contributed by atoms with van der Waals surface area (Å²) in [5, 5.41) is 26.0. The first-order chi connectivity index (χ1) is 15.0. The van der Waals surface area contributed by atoms with E-state index in [1.807, 2.05) is 58.0 Å². The molecule has 0 aliphatic carbocycles. The highest BCUT2D eigenvalue weighted by molar-refractivity contribution is 5.94. The van der Waals surface area contributed by atoms with E-state index in [0.29, 0.717) is 17.9 Å². The molecule has 31 heavy (non-hydrogen) atoms. The summed E-state index contributed by atoms with van der Waals surface area (Å²) in [6.07, 6.45) is 1.56. The SMILES string of the molecule is CCOc1cc(C#N)cc(-c2n[nH]c3ccc(O[C@H](C)c4c(C)cnnc4C)cc23)c1. The maximum Gasteiger partial charge on any atom is 0.123 e. The van der Waals surface area contributed by atoms with Crippen LogP contribution in [0.25, 0.3) is 22.2 Å². The molecule has 4 rings (SSSR count). The normalized spacial score (nSPS) is 11.8. The van der Waals surface area contributed by atoms with Gasteiger partial charge in [0.25, 0.3) is 0 Å². The number of hydrogen-bond acceptors (Lipinski definition) is 6. The van der Waals surface area contributed by atoms with E-state index < -0.39 is 0 Å². The van der Waals surface area contributed by atoms with Crippen molar-refractivity contribution in [3.8, 4) is 28.8 Å². The molecule has 0 bridgehead atoms. The van der Waals surface area contributed by atoms with Crippen LogP contribution in [0.3, 0.4) is 0 Å².